The number of H-pyrrole nitrogens is 1. The highest BCUT2D eigenvalue weighted by Crippen LogP contribution is 2.08. The number of nitrogens with two attached hydrogens (primary N) is 1. The van der Waals surface area contributed by atoms with Crippen molar-refractivity contribution in [2.75, 3.05) is 0 Å². The molecule has 0 aliphatic heterocycles. The minimum Gasteiger partial charge on any atom is -0.480 e. The maximum absolute atomic E-state index is 11.8. The second-order valence-corrected chi connectivity index (χ2v) is 3.89. The molecule has 5 N–H and O–H groups in total. The third-order valence-electron chi connectivity index (χ3n) is 2.35. The van der Waals surface area contributed by atoms with Gasteiger partial charge in [0.05, 0.1) is 17.5 Å². The molecular weight excluding hydrogens is 288 g/mol. The Kier molecular flexibility index (Phi) is 4.72. The first-order valence-electron chi connectivity index (χ1n) is 5.41. The second-order valence-electron chi connectivity index (χ2n) is 3.89. The van der Waals surface area contributed by atoms with Crippen LogP contribution in [-0.4, -0.2) is 38.8 Å². The first kappa shape index (κ1) is 15.8. The molecule has 1 rings (SSSR count). The van der Waals surface area contributed by atoms with Crippen LogP contribution in [0.2, 0.25) is 0 Å². The monoisotopic (exact) mass is 298 g/mol. The van der Waals surface area contributed by atoms with Crippen molar-refractivity contribution in [3.05, 3.63) is 38.3 Å². The Labute approximate surface area is 115 Å². The van der Waals surface area contributed by atoms with E-state index in [4.69, 9.17) is 10.8 Å². The van der Waals surface area contributed by atoms with Crippen molar-refractivity contribution in [1.82, 2.24) is 10.3 Å². The number of aromatic nitrogens is 1. The highest BCUT2D eigenvalue weighted by atomic mass is 16.6. The Balaban J connectivity index is 3.05. The van der Waals surface area contributed by atoms with E-state index in [1.54, 1.807) is 0 Å². The van der Waals surface area contributed by atoms with Gasteiger partial charge in [-0.15, -0.1) is 0 Å². The number of hydrogen-bond donors (Lipinski definition) is 4. The molecule has 0 radical (unpaired) electrons. The summed E-state index contributed by atoms with van der Waals surface area (Å²) in [6, 6.07) is -0.953. The normalized spacial score (nSPS) is 11.4. The number of nitro groups is 1. The van der Waals surface area contributed by atoms with Gasteiger partial charge in [-0.25, -0.2) is 4.79 Å². The maximum Gasteiger partial charge on any atom is 0.326 e. The average Bonchev–Trinajstić information content (AvgIpc) is 2.37. The van der Waals surface area contributed by atoms with Crippen LogP contribution in [0.4, 0.5) is 5.69 Å². The molecule has 1 aromatic heterocycles. The lowest BCUT2D eigenvalue weighted by Gasteiger charge is -2.12. The molecule has 21 heavy (non-hydrogen) atoms. The summed E-state index contributed by atoms with van der Waals surface area (Å²) >= 11 is 0. The summed E-state index contributed by atoms with van der Waals surface area (Å²) in [7, 11) is 0. The van der Waals surface area contributed by atoms with Crippen LogP contribution in [0.1, 0.15) is 16.8 Å². The molecule has 112 valence electrons. The summed E-state index contributed by atoms with van der Waals surface area (Å²) in [5, 5.41) is 21.3. The molecule has 0 aromatic carbocycles. The second kappa shape index (κ2) is 6.27. The molecule has 0 unspecified atom stereocenters. The number of nitrogens with zero attached hydrogens (tertiary/aromatic N) is 1. The topological polar surface area (TPSA) is 185 Å². The molecule has 0 fully saturated rings. The van der Waals surface area contributed by atoms with Crippen LogP contribution in [0.15, 0.2) is 17.1 Å². The summed E-state index contributed by atoms with van der Waals surface area (Å²) in [5.41, 5.74) is 2.68. The van der Waals surface area contributed by atoms with E-state index >= 15 is 0 Å². The number of aliphatic carboxylic acids is 1. The standard InChI is InChI=1S/C10H10N4O7/c11-7(15)2-6(10(18)19)13-9(17)5-1-4(14(20)21)3-12-8(5)16/h1,3,6H,2H2,(H2,11,15)(H,12,16)(H,13,17)(H,18,19)/t6-/m0/s1. The predicted molar refractivity (Wildman–Crippen MR) is 66.4 cm³/mol. The summed E-state index contributed by atoms with van der Waals surface area (Å²) in [6.45, 7) is 0. The molecule has 0 saturated heterocycles. The SMILES string of the molecule is NC(=O)C[C@H](NC(=O)c1cc([N+](=O)[O-])c[nH]c1=O)C(=O)O. The van der Waals surface area contributed by atoms with Crippen LogP contribution in [0, 0.1) is 10.1 Å². The average molecular weight is 298 g/mol. The van der Waals surface area contributed by atoms with Gasteiger partial charge < -0.3 is 21.1 Å². The Morgan fingerprint density at radius 1 is 1.48 bits per heavy atom. The number of carboxylic acids is 1. The van der Waals surface area contributed by atoms with E-state index in [-0.39, 0.29) is 0 Å². The first-order chi connectivity index (χ1) is 9.72. The van der Waals surface area contributed by atoms with Crippen LogP contribution in [0.5, 0.6) is 0 Å². The quantitative estimate of drug-likeness (QED) is 0.357. The lowest BCUT2D eigenvalue weighted by molar-refractivity contribution is -0.385. The number of carboxylic acid groups (broad SMARTS) is 1. The number of pyridine rings is 1. The fourth-order valence-corrected chi connectivity index (χ4v) is 1.38. The number of rotatable bonds is 6. The number of carbonyl (C=O) groups excluding carboxylic acids is 2. The Morgan fingerprint density at radius 3 is 2.57 bits per heavy atom. The lowest BCUT2D eigenvalue weighted by Crippen LogP contribution is -2.44. The fourth-order valence-electron chi connectivity index (χ4n) is 1.38. The molecule has 0 aliphatic rings. The number of aromatic amines is 1. The van der Waals surface area contributed by atoms with Crippen LogP contribution in [0.25, 0.3) is 0 Å². The molecule has 1 atom stereocenters. The Bertz CT molecular complexity index is 666. The molecule has 0 bridgehead atoms. The highest BCUT2D eigenvalue weighted by Gasteiger charge is 2.25. The zero-order valence-electron chi connectivity index (χ0n) is 10.4. The fraction of sp³-hybridized carbons (Fsp3) is 0.200. The van der Waals surface area contributed by atoms with Gasteiger partial charge in [0.2, 0.25) is 5.91 Å². The predicted octanol–water partition coefficient (Wildman–Crippen LogP) is -1.66. The van der Waals surface area contributed by atoms with Crippen LogP contribution >= 0.6 is 0 Å². The summed E-state index contributed by atoms with van der Waals surface area (Å²) < 4.78 is 0. The summed E-state index contributed by atoms with van der Waals surface area (Å²) in [5.74, 6) is -3.69. The number of hydrogen-bond acceptors (Lipinski definition) is 6. The highest BCUT2D eigenvalue weighted by molar-refractivity contribution is 5.97. The van der Waals surface area contributed by atoms with Crippen molar-refractivity contribution in [2.24, 2.45) is 5.73 Å². The van der Waals surface area contributed by atoms with Gasteiger partial charge >= 0.3 is 5.97 Å². The smallest absolute Gasteiger partial charge is 0.326 e. The van der Waals surface area contributed by atoms with E-state index in [0.717, 1.165) is 6.20 Å². The van der Waals surface area contributed by atoms with Crippen molar-refractivity contribution in [2.45, 2.75) is 12.5 Å². The number of amides is 2. The molecule has 0 saturated carbocycles. The zero-order valence-corrected chi connectivity index (χ0v) is 10.4. The van der Waals surface area contributed by atoms with E-state index in [1.165, 1.54) is 0 Å². The third kappa shape index (κ3) is 4.12. The minimum atomic E-state index is -1.64. The molecule has 11 heteroatoms. The van der Waals surface area contributed by atoms with Gasteiger partial charge in [0.25, 0.3) is 17.2 Å². The van der Waals surface area contributed by atoms with Crippen molar-refractivity contribution in [1.29, 1.82) is 0 Å². The summed E-state index contributed by atoms with van der Waals surface area (Å²) in [4.78, 5) is 56.4. The van der Waals surface area contributed by atoms with Gasteiger partial charge in [-0.05, 0) is 0 Å². The van der Waals surface area contributed by atoms with Crippen LogP contribution in [0.3, 0.4) is 0 Å². The molecule has 0 spiro atoms. The van der Waals surface area contributed by atoms with Gasteiger partial charge in [-0.2, -0.15) is 0 Å². The minimum absolute atomic E-state index is 0.554. The van der Waals surface area contributed by atoms with Gasteiger partial charge in [-0.1, -0.05) is 0 Å². The van der Waals surface area contributed by atoms with E-state index in [9.17, 15) is 29.3 Å². The van der Waals surface area contributed by atoms with E-state index in [2.05, 4.69) is 0 Å². The van der Waals surface area contributed by atoms with Crippen molar-refractivity contribution in [3.8, 4) is 0 Å². The van der Waals surface area contributed by atoms with Gasteiger partial charge in [-0.3, -0.25) is 24.5 Å². The lowest BCUT2D eigenvalue weighted by atomic mass is 10.1. The van der Waals surface area contributed by atoms with Crippen molar-refractivity contribution >= 4 is 23.5 Å². The molecule has 0 aliphatic carbocycles. The first-order valence-corrected chi connectivity index (χ1v) is 5.41. The number of carbonyl (C=O) groups is 3. The van der Waals surface area contributed by atoms with E-state index in [1.807, 2.05) is 10.3 Å². The van der Waals surface area contributed by atoms with Gasteiger partial charge in [0.1, 0.15) is 11.6 Å². The zero-order chi connectivity index (χ0) is 16.2. The third-order valence-corrected chi connectivity index (χ3v) is 2.35. The van der Waals surface area contributed by atoms with Crippen molar-refractivity contribution < 1.29 is 24.4 Å². The Hall–Kier alpha value is -3.24. The molecular formula is C10H10N4O7. The van der Waals surface area contributed by atoms with Crippen LogP contribution < -0.4 is 16.6 Å². The molecule has 1 aromatic rings. The van der Waals surface area contributed by atoms with Gasteiger partial charge in [0.15, 0.2) is 0 Å². The van der Waals surface area contributed by atoms with Crippen LogP contribution in [-0.2, 0) is 9.59 Å². The maximum atomic E-state index is 11.8. The van der Waals surface area contributed by atoms with E-state index < -0.39 is 52.0 Å². The largest absolute Gasteiger partial charge is 0.480 e. The van der Waals surface area contributed by atoms with E-state index in [0.29, 0.717) is 6.07 Å². The molecule has 2 amide bonds. The number of nitrogens with one attached hydrogen (secondary N) is 2. The summed E-state index contributed by atoms with van der Waals surface area (Å²) in [6.07, 6.45) is 0.102. The number of primary amides is 1. The molecule has 1 heterocycles. The van der Waals surface area contributed by atoms with Gasteiger partial charge in [0, 0.05) is 6.07 Å². The molecule has 11 nitrogen and oxygen atoms in total. The Morgan fingerprint density at radius 2 is 2.10 bits per heavy atom. The van der Waals surface area contributed by atoms with Crippen molar-refractivity contribution in [3.63, 3.8) is 0 Å².